The molecule has 88 valence electrons. The van der Waals surface area contributed by atoms with Gasteiger partial charge in [0.2, 0.25) is 0 Å². The quantitative estimate of drug-likeness (QED) is 0.825. The van der Waals surface area contributed by atoms with Gasteiger partial charge < -0.3 is 9.72 Å². The summed E-state index contributed by atoms with van der Waals surface area (Å²) < 4.78 is 17.9. The van der Waals surface area contributed by atoms with E-state index in [1.807, 2.05) is 0 Å². The first kappa shape index (κ1) is 11.3. The molecule has 0 aliphatic heterocycles. The number of hydrogen-bond acceptors (Lipinski definition) is 3. The summed E-state index contributed by atoms with van der Waals surface area (Å²) in [7, 11) is 1.29. The number of aromatic nitrogens is 2. The lowest BCUT2D eigenvalue weighted by Crippen LogP contribution is -2.02. The Kier molecular flexibility index (Phi) is 3.18. The van der Waals surface area contributed by atoms with Crippen LogP contribution in [0.4, 0.5) is 4.39 Å². The van der Waals surface area contributed by atoms with Gasteiger partial charge in [0.1, 0.15) is 17.3 Å². The smallest absolute Gasteiger partial charge is 0.356 e. The van der Waals surface area contributed by atoms with Crippen LogP contribution < -0.4 is 0 Å². The standard InChI is InChI=1S/C12H11FN2O2/c1-17-12(16)10-7-14-11(15-10)6-8-4-2-3-5-9(8)13/h2-5,7H,6H2,1H3,(H,14,15). The summed E-state index contributed by atoms with van der Waals surface area (Å²) in [5.41, 5.74) is 0.789. The fourth-order valence-electron chi connectivity index (χ4n) is 1.49. The van der Waals surface area contributed by atoms with Gasteiger partial charge in [-0.25, -0.2) is 14.2 Å². The van der Waals surface area contributed by atoms with Crippen molar-refractivity contribution >= 4 is 5.97 Å². The molecule has 2 aromatic rings. The van der Waals surface area contributed by atoms with Crippen molar-refractivity contribution in [2.24, 2.45) is 0 Å². The van der Waals surface area contributed by atoms with Crippen LogP contribution >= 0.6 is 0 Å². The van der Waals surface area contributed by atoms with E-state index in [0.29, 0.717) is 17.8 Å². The van der Waals surface area contributed by atoms with Crippen molar-refractivity contribution in [2.75, 3.05) is 7.11 Å². The Morgan fingerprint density at radius 3 is 2.94 bits per heavy atom. The topological polar surface area (TPSA) is 55.0 Å². The molecule has 0 unspecified atom stereocenters. The summed E-state index contributed by atoms with van der Waals surface area (Å²) in [6.45, 7) is 0. The molecule has 0 radical (unpaired) electrons. The summed E-state index contributed by atoms with van der Waals surface area (Å²) in [6.07, 6.45) is 1.69. The summed E-state index contributed by atoms with van der Waals surface area (Å²) in [5, 5.41) is 0. The highest BCUT2D eigenvalue weighted by molar-refractivity contribution is 5.86. The van der Waals surface area contributed by atoms with Gasteiger partial charge in [0.15, 0.2) is 0 Å². The summed E-state index contributed by atoms with van der Waals surface area (Å²) >= 11 is 0. The number of nitrogens with one attached hydrogen (secondary N) is 1. The van der Waals surface area contributed by atoms with E-state index in [4.69, 9.17) is 0 Å². The van der Waals surface area contributed by atoms with Crippen LogP contribution in [0.1, 0.15) is 21.9 Å². The fraction of sp³-hybridized carbons (Fsp3) is 0.167. The predicted molar refractivity (Wildman–Crippen MR) is 59.1 cm³/mol. The SMILES string of the molecule is COC(=O)c1cnc(Cc2ccccc2F)[nH]1. The number of aromatic amines is 1. The van der Waals surface area contributed by atoms with Crippen LogP contribution in [0.3, 0.4) is 0 Å². The van der Waals surface area contributed by atoms with E-state index in [0.717, 1.165) is 0 Å². The van der Waals surface area contributed by atoms with Crippen LogP contribution in [-0.2, 0) is 11.2 Å². The Hall–Kier alpha value is -2.17. The molecule has 1 aromatic carbocycles. The highest BCUT2D eigenvalue weighted by Crippen LogP contribution is 2.11. The third kappa shape index (κ3) is 2.50. The zero-order valence-corrected chi connectivity index (χ0v) is 9.24. The third-order valence-corrected chi connectivity index (χ3v) is 2.35. The highest BCUT2D eigenvalue weighted by atomic mass is 19.1. The summed E-state index contributed by atoms with van der Waals surface area (Å²) in [4.78, 5) is 18.0. The Morgan fingerprint density at radius 2 is 2.24 bits per heavy atom. The first-order valence-electron chi connectivity index (χ1n) is 5.06. The molecule has 1 heterocycles. The molecule has 0 aliphatic carbocycles. The third-order valence-electron chi connectivity index (χ3n) is 2.35. The number of benzene rings is 1. The van der Waals surface area contributed by atoms with E-state index < -0.39 is 5.97 Å². The van der Waals surface area contributed by atoms with Gasteiger partial charge in [0.25, 0.3) is 0 Å². The van der Waals surface area contributed by atoms with E-state index >= 15 is 0 Å². The van der Waals surface area contributed by atoms with E-state index in [-0.39, 0.29) is 11.5 Å². The zero-order valence-electron chi connectivity index (χ0n) is 9.24. The second kappa shape index (κ2) is 4.78. The van der Waals surface area contributed by atoms with E-state index in [1.165, 1.54) is 19.4 Å². The molecule has 5 heteroatoms. The van der Waals surface area contributed by atoms with Crippen molar-refractivity contribution in [1.82, 2.24) is 9.97 Å². The lowest BCUT2D eigenvalue weighted by molar-refractivity contribution is 0.0594. The highest BCUT2D eigenvalue weighted by Gasteiger charge is 2.10. The number of hydrogen-bond donors (Lipinski definition) is 1. The number of esters is 1. The molecule has 0 spiro atoms. The van der Waals surface area contributed by atoms with Gasteiger partial charge >= 0.3 is 5.97 Å². The number of halogens is 1. The normalized spacial score (nSPS) is 10.2. The van der Waals surface area contributed by atoms with Crippen molar-refractivity contribution in [3.05, 3.63) is 53.4 Å². The number of H-pyrrole nitrogens is 1. The van der Waals surface area contributed by atoms with Crippen molar-refractivity contribution in [3.8, 4) is 0 Å². The van der Waals surface area contributed by atoms with E-state index in [9.17, 15) is 9.18 Å². The number of methoxy groups -OCH3 is 1. The molecular formula is C12H11FN2O2. The molecule has 0 saturated carbocycles. The lowest BCUT2D eigenvalue weighted by atomic mass is 10.1. The average molecular weight is 234 g/mol. The minimum atomic E-state index is -0.489. The number of rotatable bonds is 3. The van der Waals surface area contributed by atoms with Crippen molar-refractivity contribution in [3.63, 3.8) is 0 Å². The Balaban J connectivity index is 2.17. The van der Waals surface area contributed by atoms with E-state index in [1.54, 1.807) is 18.2 Å². The molecule has 4 nitrogen and oxygen atoms in total. The van der Waals surface area contributed by atoms with Gasteiger partial charge in [-0.3, -0.25) is 0 Å². The number of carbonyl (C=O) groups excluding carboxylic acids is 1. The summed E-state index contributed by atoms with van der Waals surface area (Å²) in [5.74, 6) is -0.253. The van der Waals surface area contributed by atoms with Gasteiger partial charge in [0.05, 0.1) is 13.3 Å². The molecule has 1 aromatic heterocycles. The van der Waals surface area contributed by atoms with Crippen LogP contribution in [0.2, 0.25) is 0 Å². The Morgan fingerprint density at radius 1 is 1.47 bits per heavy atom. The monoisotopic (exact) mass is 234 g/mol. The van der Waals surface area contributed by atoms with Crippen LogP contribution in [0.5, 0.6) is 0 Å². The van der Waals surface area contributed by atoms with Crippen LogP contribution in [-0.4, -0.2) is 23.0 Å². The minimum absolute atomic E-state index is 0.263. The molecule has 0 fully saturated rings. The maximum absolute atomic E-state index is 13.4. The number of imidazole rings is 1. The van der Waals surface area contributed by atoms with Crippen LogP contribution in [0.15, 0.2) is 30.5 Å². The molecule has 0 bridgehead atoms. The van der Waals surface area contributed by atoms with Crippen LogP contribution in [0.25, 0.3) is 0 Å². The van der Waals surface area contributed by atoms with Crippen molar-refractivity contribution in [1.29, 1.82) is 0 Å². The summed E-state index contributed by atoms with van der Waals surface area (Å²) in [6, 6.07) is 6.44. The lowest BCUT2D eigenvalue weighted by Gasteiger charge is -1.99. The Bertz CT molecular complexity index is 537. The number of nitrogens with zero attached hydrogens (tertiary/aromatic N) is 1. The molecule has 0 saturated heterocycles. The van der Waals surface area contributed by atoms with Gasteiger partial charge in [-0.15, -0.1) is 0 Å². The molecule has 0 aliphatic rings. The van der Waals surface area contributed by atoms with E-state index in [2.05, 4.69) is 14.7 Å². The predicted octanol–water partition coefficient (Wildman–Crippen LogP) is 1.93. The largest absolute Gasteiger partial charge is 0.464 e. The average Bonchev–Trinajstić information content (AvgIpc) is 2.80. The number of ether oxygens (including phenoxy) is 1. The first-order valence-corrected chi connectivity index (χ1v) is 5.06. The molecule has 0 amide bonds. The van der Waals surface area contributed by atoms with Gasteiger partial charge in [-0.2, -0.15) is 0 Å². The van der Waals surface area contributed by atoms with Gasteiger partial charge in [-0.05, 0) is 11.6 Å². The second-order valence-corrected chi connectivity index (χ2v) is 3.50. The maximum Gasteiger partial charge on any atom is 0.356 e. The number of carbonyl (C=O) groups is 1. The van der Waals surface area contributed by atoms with Crippen molar-refractivity contribution < 1.29 is 13.9 Å². The molecule has 17 heavy (non-hydrogen) atoms. The van der Waals surface area contributed by atoms with Gasteiger partial charge in [-0.1, -0.05) is 18.2 Å². The maximum atomic E-state index is 13.4. The second-order valence-electron chi connectivity index (χ2n) is 3.50. The molecular weight excluding hydrogens is 223 g/mol. The molecule has 0 atom stereocenters. The fourth-order valence-corrected chi connectivity index (χ4v) is 1.49. The molecule has 1 N–H and O–H groups in total. The zero-order chi connectivity index (χ0) is 12.3. The minimum Gasteiger partial charge on any atom is -0.464 e. The first-order chi connectivity index (χ1) is 8.20. The Labute approximate surface area is 97.5 Å². The van der Waals surface area contributed by atoms with Gasteiger partial charge in [0, 0.05) is 6.42 Å². The molecule has 2 rings (SSSR count). The van der Waals surface area contributed by atoms with Crippen LogP contribution in [0, 0.1) is 5.82 Å². The van der Waals surface area contributed by atoms with Crippen molar-refractivity contribution in [2.45, 2.75) is 6.42 Å².